The van der Waals surface area contributed by atoms with Gasteiger partial charge in [0.2, 0.25) is 0 Å². The van der Waals surface area contributed by atoms with Crippen LogP contribution in [-0.4, -0.2) is 31.7 Å². The molecule has 0 radical (unpaired) electrons. The van der Waals surface area contributed by atoms with Gasteiger partial charge in [-0.2, -0.15) is 9.78 Å². The minimum absolute atomic E-state index is 0.00159. The lowest BCUT2D eigenvalue weighted by Crippen LogP contribution is -2.41. The summed E-state index contributed by atoms with van der Waals surface area (Å²) in [5.41, 5.74) is 3.24. The molecular weight excluding hydrogens is 362 g/mol. The van der Waals surface area contributed by atoms with Gasteiger partial charge in [-0.05, 0) is 56.7 Å². The van der Waals surface area contributed by atoms with Crippen LogP contribution in [0.4, 0.5) is 0 Å². The highest BCUT2D eigenvalue weighted by Crippen LogP contribution is 2.40. The molecule has 3 aromatic heterocycles. The topological polar surface area (TPSA) is 72.7 Å². The van der Waals surface area contributed by atoms with E-state index in [0.29, 0.717) is 17.4 Å². The van der Waals surface area contributed by atoms with Gasteiger partial charge in [0.15, 0.2) is 11.5 Å². The Morgan fingerprint density at radius 1 is 1.17 bits per heavy atom. The molecule has 2 unspecified atom stereocenters. The summed E-state index contributed by atoms with van der Waals surface area (Å²) in [4.78, 5) is 22.7. The molecule has 2 atom stereocenters. The summed E-state index contributed by atoms with van der Waals surface area (Å²) in [6.07, 6.45) is 8.70. The Hall–Kier alpha value is -2.76. The Labute approximate surface area is 170 Å². The number of amides is 1. The monoisotopic (exact) mass is 389 g/mol. The summed E-state index contributed by atoms with van der Waals surface area (Å²) in [5.74, 6) is 1.69. The van der Waals surface area contributed by atoms with Crippen LogP contribution in [0.2, 0.25) is 0 Å². The molecule has 2 saturated carbocycles. The first-order chi connectivity index (χ1) is 14.1. The Morgan fingerprint density at radius 2 is 2.00 bits per heavy atom. The van der Waals surface area contributed by atoms with E-state index in [1.54, 1.807) is 10.9 Å². The lowest BCUT2D eigenvalue weighted by Gasteiger charge is -2.29. The van der Waals surface area contributed by atoms with E-state index in [-0.39, 0.29) is 11.9 Å². The van der Waals surface area contributed by atoms with Crippen LogP contribution in [-0.2, 0) is 0 Å². The molecule has 2 aliphatic carbocycles. The number of nitrogens with zero attached hydrogens (tertiary/aromatic N) is 4. The summed E-state index contributed by atoms with van der Waals surface area (Å²) in [5, 5.41) is 8.85. The number of carbonyl (C=O) groups excluding carboxylic acids is 1. The maximum atomic E-state index is 13.4. The molecule has 6 nitrogen and oxygen atoms in total. The molecule has 150 valence electrons. The fourth-order valence-electron chi connectivity index (χ4n) is 4.49. The van der Waals surface area contributed by atoms with Crippen molar-refractivity contribution >= 4 is 16.9 Å². The first-order valence-electron chi connectivity index (χ1n) is 10.7. The highest BCUT2D eigenvalue weighted by Gasteiger charge is 2.30. The molecule has 0 saturated heterocycles. The van der Waals surface area contributed by atoms with E-state index in [1.165, 1.54) is 19.3 Å². The zero-order valence-electron chi connectivity index (χ0n) is 17.1. The molecule has 0 spiro atoms. The first kappa shape index (κ1) is 18.3. The molecule has 3 heterocycles. The maximum Gasteiger partial charge on any atom is 0.252 e. The zero-order valence-corrected chi connectivity index (χ0v) is 17.1. The number of rotatable bonds is 4. The van der Waals surface area contributed by atoms with Gasteiger partial charge in [0.1, 0.15) is 0 Å². The van der Waals surface area contributed by atoms with Crippen LogP contribution in [0, 0.1) is 12.8 Å². The molecule has 1 N–H and O–H groups in total. The molecule has 6 heteroatoms. The van der Waals surface area contributed by atoms with E-state index in [1.807, 2.05) is 31.2 Å². The van der Waals surface area contributed by atoms with Crippen molar-refractivity contribution in [3.05, 3.63) is 47.4 Å². The SMILES string of the molecule is Cc1nn(-c2ccccn2)c2nc(C3CC3)cc(C(=O)NC3CCCCC3C)c12. The van der Waals surface area contributed by atoms with Gasteiger partial charge < -0.3 is 5.32 Å². The van der Waals surface area contributed by atoms with Crippen molar-refractivity contribution in [1.82, 2.24) is 25.1 Å². The van der Waals surface area contributed by atoms with Gasteiger partial charge in [0.25, 0.3) is 5.91 Å². The van der Waals surface area contributed by atoms with E-state index < -0.39 is 0 Å². The smallest absolute Gasteiger partial charge is 0.252 e. The zero-order chi connectivity index (χ0) is 20.0. The van der Waals surface area contributed by atoms with Gasteiger partial charge in [-0.25, -0.2) is 9.97 Å². The summed E-state index contributed by atoms with van der Waals surface area (Å²) in [7, 11) is 0. The summed E-state index contributed by atoms with van der Waals surface area (Å²) in [6, 6.07) is 7.99. The van der Waals surface area contributed by atoms with Crippen molar-refractivity contribution in [2.24, 2.45) is 5.92 Å². The lowest BCUT2D eigenvalue weighted by molar-refractivity contribution is 0.0911. The molecule has 1 amide bonds. The van der Waals surface area contributed by atoms with Gasteiger partial charge in [-0.1, -0.05) is 25.8 Å². The number of hydrogen-bond acceptors (Lipinski definition) is 4. The van der Waals surface area contributed by atoms with Crippen molar-refractivity contribution in [1.29, 1.82) is 0 Å². The van der Waals surface area contributed by atoms with E-state index in [4.69, 9.17) is 10.1 Å². The van der Waals surface area contributed by atoms with Gasteiger partial charge in [0.05, 0.1) is 16.6 Å². The highest BCUT2D eigenvalue weighted by molar-refractivity contribution is 6.07. The average molecular weight is 390 g/mol. The Morgan fingerprint density at radius 3 is 2.72 bits per heavy atom. The summed E-state index contributed by atoms with van der Waals surface area (Å²) in [6.45, 7) is 4.19. The molecule has 3 aromatic rings. The number of aryl methyl sites for hydroxylation is 1. The van der Waals surface area contributed by atoms with Crippen molar-refractivity contribution in [3.8, 4) is 5.82 Å². The van der Waals surface area contributed by atoms with Crippen LogP contribution in [0.15, 0.2) is 30.5 Å². The lowest BCUT2D eigenvalue weighted by atomic mass is 9.86. The standard InChI is InChI=1S/C23H27N5O/c1-14-7-3-4-8-18(14)26-23(29)17-13-19(16-10-11-16)25-22-21(17)15(2)27-28(22)20-9-5-6-12-24-20/h5-6,9,12-14,16,18H,3-4,7-8,10-11H2,1-2H3,(H,26,29). The second-order valence-electron chi connectivity index (χ2n) is 8.59. The van der Waals surface area contributed by atoms with Crippen molar-refractivity contribution < 1.29 is 4.79 Å². The van der Waals surface area contributed by atoms with Crippen LogP contribution >= 0.6 is 0 Å². The van der Waals surface area contributed by atoms with Gasteiger partial charge in [0, 0.05) is 23.9 Å². The minimum Gasteiger partial charge on any atom is -0.349 e. The maximum absolute atomic E-state index is 13.4. The number of aromatic nitrogens is 4. The number of carbonyl (C=O) groups is 1. The summed E-state index contributed by atoms with van der Waals surface area (Å²) < 4.78 is 1.77. The largest absolute Gasteiger partial charge is 0.349 e. The van der Waals surface area contributed by atoms with E-state index in [0.717, 1.165) is 47.5 Å². The number of pyridine rings is 2. The Bertz CT molecular complexity index is 1050. The van der Waals surface area contributed by atoms with Crippen molar-refractivity contribution in [2.75, 3.05) is 0 Å². The third-order valence-corrected chi connectivity index (χ3v) is 6.37. The molecule has 0 bridgehead atoms. The molecule has 5 rings (SSSR count). The molecule has 0 aromatic carbocycles. The second kappa shape index (κ2) is 7.25. The predicted octanol–water partition coefficient (Wildman–Crippen LogP) is 4.31. The third kappa shape index (κ3) is 3.41. The van der Waals surface area contributed by atoms with Crippen LogP contribution in [0.3, 0.4) is 0 Å². The number of hydrogen-bond donors (Lipinski definition) is 1. The molecule has 0 aliphatic heterocycles. The van der Waals surface area contributed by atoms with Crippen LogP contribution < -0.4 is 5.32 Å². The van der Waals surface area contributed by atoms with Gasteiger partial charge in [-0.3, -0.25) is 4.79 Å². The Kier molecular flexibility index (Phi) is 4.57. The Balaban J connectivity index is 1.61. The van der Waals surface area contributed by atoms with Gasteiger partial charge in [-0.15, -0.1) is 0 Å². The quantitative estimate of drug-likeness (QED) is 0.722. The number of fused-ring (bicyclic) bond motifs is 1. The summed E-state index contributed by atoms with van der Waals surface area (Å²) >= 11 is 0. The van der Waals surface area contributed by atoms with E-state index >= 15 is 0 Å². The van der Waals surface area contributed by atoms with Crippen LogP contribution in [0.1, 0.15) is 73.1 Å². The first-order valence-corrected chi connectivity index (χ1v) is 10.7. The third-order valence-electron chi connectivity index (χ3n) is 6.37. The molecule has 2 aliphatic rings. The fourth-order valence-corrected chi connectivity index (χ4v) is 4.49. The highest BCUT2D eigenvalue weighted by atomic mass is 16.1. The molecule has 29 heavy (non-hydrogen) atoms. The molecular formula is C23H27N5O. The van der Waals surface area contributed by atoms with Crippen molar-refractivity contribution in [2.45, 2.75) is 64.3 Å². The second-order valence-corrected chi connectivity index (χ2v) is 8.59. The fraction of sp³-hybridized carbons (Fsp3) is 0.478. The van der Waals surface area contributed by atoms with Crippen LogP contribution in [0.5, 0.6) is 0 Å². The number of nitrogens with one attached hydrogen (secondary N) is 1. The molecule has 2 fully saturated rings. The van der Waals surface area contributed by atoms with E-state index in [2.05, 4.69) is 17.2 Å². The predicted molar refractivity (Wildman–Crippen MR) is 112 cm³/mol. The average Bonchev–Trinajstić information content (AvgIpc) is 3.54. The normalized spacial score (nSPS) is 22.0. The van der Waals surface area contributed by atoms with Gasteiger partial charge >= 0.3 is 0 Å². The van der Waals surface area contributed by atoms with E-state index in [9.17, 15) is 4.79 Å². The van der Waals surface area contributed by atoms with Crippen molar-refractivity contribution in [3.63, 3.8) is 0 Å². The van der Waals surface area contributed by atoms with Crippen LogP contribution in [0.25, 0.3) is 16.9 Å². The minimum atomic E-state index is 0.00159.